The number of aliphatic carboxylic acids is 1. The summed E-state index contributed by atoms with van der Waals surface area (Å²) in [5, 5.41) is 14.7. The Morgan fingerprint density at radius 1 is 1.00 bits per heavy atom. The van der Waals surface area contributed by atoms with Crippen molar-refractivity contribution in [3.63, 3.8) is 0 Å². The highest BCUT2D eigenvalue weighted by Gasteiger charge is 2.45. The first-order valence-corrected chi connectivity index (χ1v) is 11.6. The van der Waals surface area contributed by atoms with Crippen molar-refractivity contribution in [3.05, 3.63) is 59.7 Å². The minimum Gasteiger partial charge on any atom is -0.481 e. The first-order chi connectivity index (χ1) is 16.0. The molecular weight excluding hydrogens is 420 g/mol. The highest BCUT2D eigenvalue weighted by Crippen LogP contribution is 2.44. The van der Waals surface area contributed by atoms with E-state index in [1.165, 1.54) is 11.1 Å². The van der Waals surface area contributed by atoms with Crippen molar-refractivity contribution < 1.29 is 24.2 Å². The number of hydrogen-bond acceptors (Lipinski definition) is 4. The molecule has 33 heavy (non-hydrogen) atoms. The maximum Gasteiger partial charge on any atom is 0.407 e. The molecule has 0 aromatic heterocycles. The van der Waals surface area contributed by atoms with Gasteiger partial charge in [0.25, 0.3) is 0 Å². The van der Waals surface area contributed by atoms with E-state index in [9.17, 15) is 14.4 Å². The number of benzene rings is 2. The monoisotopic (exact) mass is 448 g/mol. The molecule has 2 amide bonds. The molecule has 3 unspecified atom stereocenters. The predicted octanol–water partition coefficient (Wildman–Crippen LogP) is 3.53. The third-order valence-electron chi connectivity index (χ3n) is 7.02. The normalized spacial score (nSPS) is 21.5. The van der Waals surface area contributed by atoms with Gasteiger partial charge in [-0.15, -0.1) is 0 Å². The Balaban J connectivity index is 1.09. The molecule has 0 bridgehead atoms. The SMILES string of the molecule is O=C(O)CC(NC(=O)C1CC1CNC(=O)OCC1c2ccccc2-c2ccccc21)C1CC1. The van der Waals surface area contributed by atoms with Crippen molar-refractivity contribution in [2.75, 3.05) is 13.2 Å². The maximum absolute atomic E-state index is 12.5. The Kier molecular flexibility index (Phi) is 5.79. The third-order valence-corrected chi connectivity index (χ3v) is 7.02. The van der Waals surface area contributed by atoms with Crippen LogP contribution >= 0.6 is 0 Å². The molecule has 7 heteroatoms. The topological polar surface area (TPSA) is 105 Å². The number of alkyl carbamates (subject to hydrolysis) is 1. The van der Waals surface area contributed by atoms with Gasteiger partial charge < -0.3 is 20.5 Å². The van der Waals surface area contributed by atoms with Gasteiger partial charge >= 0.3 is 12.1 Å². The molecule has 3 aliphatic carbocycles. The van der Waals surface area contributed by atoms with Crippen LogP contribution in [0, 0.1) is 17.8 Å². The van der Waals surface area contributed by atoms with E-state index in [1.807, 2.05) is 24.3 Å². The highest BCUT2D eigenvalue weighted by molar-refractivity contribution is 5.83. The van der Waals surface area contributed by atoms with Gasteiger partial charge in [-0.05, 0) is 53.4 Å². The largest absolute Gasteiger partial charge is 0.481 e. The van der Waals surface area contributed by atoms with Crippen molar-refractivity contribution in [1.82, 2.24) is 10.6 Å². The van der Waals surface area contributed by atoms with E-state index < -0.39 is 12.1 Å². The molecule has 0 spiro atoms. The van der Waals surface area contributed by atoms with Gasteiger partial charge in [0, 0.05) is 24.4 Å². The Hall–Kier alpha value is -3.35. The van der Waals surface area contributed by atoms with Gasteiger partial charge in [0.05, 0.1) is 6.42 Å². The van der Waals surface area contributed by atoms with E-state index in [2.05, 4.69) is 34.9 Å². The summed E-state index contributed by atoms with van der Waals surface area (Å²) >= 11 is 0. The number of rotatable bonds is 9. The summed E-state index contributed by atoms with van der Waals surface area (Å²) in [6, 6.07) is 16.1. The number of carbonyl (C=O) groups excluding carboxylic acids is 2. The van der Waals surface area contributed by atoms with Crippen LogP contribution in [0.25, 0.3) is 11.1 Å². The Bertz CT molecular complexity index is 1030. The molecular formula is C26H28N2O5. The van der Waals surface area contributed by atoms with Crippen molar-refractivity contribution in [2.24, 2.45) is 17.8 Å². The first kappa shape index (κ1) is 21.5. The van der Waals surface area contributed by atoms with E-state index in [-0.39, 0.29) is 48.6 Å². The van der Waals surface area contributed by atoms with Crippen LogP contribution in [0.1, 0.15) is 42.7 Å². The molecule has 3 atom stereocenters. The molecule has 0 aliphatic heterocycles. The number of carboxylic acid groups (broad SMARTS) is 1. The molecule has 172 valence electrons. The minimum atomic E-state index is -0.892. The molecule has 2 fully saturated rings. The molecule has 3 N–H and O–H groups in total. The number of hydrogen-bond donors (Lipinski definition) is 3. The number of fused-ring (bicyclic) bond motifs is 3. The van der Waals surface area contributed by atoms with Gasteiger partial charge in [-0.3, -0.25) is 9.59 Å². The van der Waals surface area contributed by atoms with Crippen LogP contribution in [-0.2, 0) is 14.3 Å². The van der Waals surface area contributed by atoms with Crippen LogP contribution in [0.5, 0.6) is 0 Å². The van der Waals surface area contributed by atoms with Crippen LogP contribution in [0.2, 0.25) is 0 Å². The Morgan fingerprint density at radius 3 is 2.24 bits per heavy atom. The number of amides is 2. The Morgan fingerprint density at radius 2 is 1.64 bits per heavy atom. The summed E-state index contributed by atoms with van der Waals surface area (Å²) in [6.45, 7) is 0.633. The van der Waals surface area contributed by atoms with Crippen LogP contribution in [-0.4, -0.2) is 42.3 Å². The summed E-state index contributed by atoms with van der Waals surface area (Å²) in [5.74, 6) is -0.814. The summed E-state index contributed by atoms with van der Waals surface area (Å²) in [5.41, 5.74) is 4.69. The third kappa shape index (κ3) is 4.72. The lowest BCUT2D eigenvalue weighted by molar-refractivity contribution is -0.138. The van der Waals surface area contributed by atoms with Gasteiger partial charge in [0.1, 0.15) is 6.61 Å². The average Bonchev–Trinajstić information content (AvgIpc) is 3.72. The van der Waals surface area contributed by atoms with Gasteiger partial charge in [-0.25, -0.2) is 4.79 Å². The Labute approximate surface area is 192 Å². The number of nitrogens with one attached hydrogen (secondary N) is 2. The van der Waals surface area contributed by atoms with Crippen molar-refractivity contribution in [1.29, 1.82) is 0 Å². The molecule has 7 nitrogen and oxygen atoms in total. The second-order valence-electron chi connectivity index (χ2n) is 9.36. The van der Waals surface area contributed by atoms with Crippen LogP contribution in [0.15, 0.2) is 48.5 Å². The van der Waals surface area contributed by atoms with E-state index in [1.54, 1.807) is 0 Å². The molecule has 0 radical (unpaired) electrons. The lowest BCUT2D eigenvalue weighted by Gasteiger charge is -2.16. The summed E-state index contributed by atoms with van der Waals surface area (Å²) in [6.07, 6.45) is 2.11. The van der Waals surface area contributed by atoms with E-state index in [4.69, 9.17) is 9.84 Å². The fourth-order valence-corrected chi connectivity index (χ4v) is 4.97. The van der Waals surface area contributed by atoms with E-state index >= 15 is 0 Å². The van der Waals surface area contributed by atoms with Gasteiger partial charge in [0.15, 0.2) is 0 Å². The number of carboxylic acids is 1. The second-order valence-corrected chi connectivity index (χ2v) is 9.36. The molecule has 0 saturated heterocycles. The second kappa shape index (κ2) is 8.89. The van der Waals surface area contributed by atoms with E-state index in [0.29, 0.717) is 13.0 Å². The minimum absolute atomic E-state index is 0.0104. The number of carbonyl (C=O) groups is 3. The summed E-state index contributed by atoms with van der Waals surface area (Å²) in [7, 11) is 0. The standard InChI is InChI=1S/C26H28N2O5/c29-24(30)12-23(15-9-10-15)28-25(31)21-11-16(21)13-27-26(32)33-14-22-19-7-3-1-5-17(19)18-6-2-4-8-20(18)22/h1-8,15-16,21-23H,9-14H2,(H,27,32)(H,28,31)(H,29,30). The first-order valence-electron chi connectivity index (χ1n) is 11.6. The molecule has 5 rings (SSSR count). The quantitative estimate of drug-likeness (QED) is 0.544. The lowest BCUT2D eigenvalue weighted by Crippen LogP contribution is -2.39. The number of ether oxygens (including phenoxy) is 1. The van der Waals surface area contributed by atoms with E-state index in [0.717, 1.165) is 24.0 Å². The van der Waals surface area contributed by atoms with Crippen LogP contribution in [0.3, 0.4) is 0 Å². The van der Waals surface area contributed by atoms with Crippen LogP contribution in [0.4, 0.5) is 4.79 Å². The molecule has 0 heterocycles. The molecule has 3 aliphatic rings. The summed E-state index contributed by atoms with van der Waals surface area (Å²) in [4.78, 5) is 35.8. The van der Waals surface area contributed by atoms with Gasteiger partial charge in [-0.1, -0.05) is 48.5 Å². The average molecular weight is 449 g/mol. The van der Waals surface area contributed by atoms with Crippen LogP contribution < -0.4 is 10.6 Å². The zero-order valence-electron chi connectivity index (χ0n) is 18.3. The lowest BCUT2D eigenvalue weighted by atomic mass is 9.98. The van der Waals surface area contributed by atoms with Gasteiger partial charge in [-0.2, -0.15) is 0 Å². The zero-order valence-corrected chi connectivity index (χ0v) is 18.3. The van der Waals surface area contributed by atoms with Crippen molar-refractivity contribution >= 4 is 18.0 Å². The fraction of sp³-hybridized carbons (Fsp3) is 0.423. The summed E-state index contributed by atoms with van der Waals surface area (Å²) < 4.78 is 5.55. The zero-order chi connectivity index (χ0) is 22.9. The fourth-order valence-electron chi connectivity index (χ4n) is 4.97. The molecule has 2 aromatic rings. The van der Waals surface area contributed by atoms with Gasteiger partial charge in [0.2, 0.25) is 5.91 Å². The highest BCUT2D eigenvalue weighted by atomic mass is 16.5. The van der Waals surface area contributed by atoms with Crippen molar-refractivity contribution in [2.45, 2.75) is 37.6 Å². The maximum atomic E-state index is 12.5. The predicted molar refractivity (Wildman–Crippen MR) is 122 cm³/mol. The molecule has 2 aromatic carbocycles. The smallest absolute Gasteiger partial charge is 0.407 e. The van der Waals surface area contributed by atoms with Crippen molar-refractivity contribution in [3.8, 4) is 11.1 Å². The molecule has 2 saturated carbocycles.